The molecule has 4 unspecified atom stereocenters. The van der Waals surface area contributed by atoms with Crippen LogP contribution in [0.1, 0.15) is 79.1 Å². The van der Waals surface area contributed by atoms with E-state index < -0.39 is 11.6 Å². The van der Waals surface area contributed by atoms with Crippen LogP contribution < -0.4 is 10.6 Å². The van der Waals surface area contributed by atoms with Gasteiger partial charge in [-0.25, -0.2) is 4.79 Å². The fraction of sp³-hybridized carbons (Fsp3) is 0.870. The molecule has 1 spiro atoms. The monoisotopic (exact) mass is 403 g/mol. The smallest absolute Gasteiger partial charge is 0.325 e. The third kappa shape index (κ3) is 3.79. The SMILES string of the molecule is CC(NC(=O)CN1C(=O)NC2(CCC(C(C)(C)C)CC2)C1=O)C1CC2CCC1C2. The topological polar surface area (TPSA) is 78.5 Å². The van der Waals surface area contributed by atoms with Gasteiger partial charge in [-0.3, -0.25) is 14.5 Å². The largest absolute Gasteiger partial charge is 0.352 e. The lowest BCUT2D eigenvalue weighted by Gasteiger charge is -2.40. The number of hydrogen-bond donors (Lipinski definition) is 2. The first-order valence-corrected chi connectivity index (χ1v) is 11.5. The zero-order chi connectivity index (χ0) is 21.0. The highest BCUT2D eigenvalue weighted by molar-refractivity contribution is 6.09. The lowest BCUT2D eigenvalue weighted by molar-refractivity contribution is -0.136. The van der Waals surface area contributed by atoms with Crippen molar-refractivity contribution in [2.45, 2.75) is 90.6 Å². The van der Waals surface area contributed by atoms with Gasteiger partial charge in [-0.05, 0) is 81.0 Å². The summed E-state index contributed by atoms with van der Waals surface area (Å²) in [4.78, 5) is 39.4. The summed E-state index contributed by atoms with van der Waals surface area (Å²) >= 11 is 0. The second-order valence-electron chi connectivity index (χ2n) is 11.2. The highest BCUT2D eigenvalue weighted by atomic mass is 16.2. The van der Waals surface area contributed by atoms with Gasteiger partial charge < -0.3 is 10.6 Å². The Kier molecular flexibility index (Phi) is 5.19. The zero-order valence-electron chi connectivity index (χ0n) is 18.4. The van der Waals surface area contributed by atoms with E-state index in [0.717, 1.165) is 29.6 Å². The average molecular weight is 404 g/mol. The van der Waals surface area contributed by atoms with Crippen LogP contribution in [-0.4, -0.2) is 40.9 Å². The third-order valence-corrected chi connectivity index (χ3v) is 8.44. The lowest BCUT2D eigenvalue weighted by atomic mass is 9.67. The van der Waals surface area contributed by atoms with E-state index in [1.165, 1.54) is 25.7 Å². The second kappa shape index (κ2) is 7.28. The van der Waals surface area contributed by atoms with Gasteiger partial charge in [-0.2, -0.15) is 0 Å². The van der Waals surface area contributed by atoms with Gasteiger partial charge in [0.15, 0.2) is 0 Å². The molecule has 3 aliphatic carbocycles. The molecular weight excluding hydrogens is 366 g/mol. The highest BCUT2D eigenvalue weighted by Gasteiger charge is 2.53. The van der Waals surface area contributed by atoms with Gasteiger partial charge in [0.05, 0.1) is 0 Å². The summed E-state index contributed by atoms with van der Waals surface area (Å²) in [7, 11) is 0. The van der Waals surface area contributed by atoms with Crippen molar-refractivity contribution < 1.29 is 14.4 Å². The number of urea groups is 1. The minimum atomic E-state index is -0.796. The first-order chi connectivity index (χ1) is 13.6. The zero-order valence-corrected chi connectivity index (χ0v) is 18.4. The number of amides is 4. The van der Waals surface area contributed by atoms with Crippen molar-refractivity contribution in [1.82, 2.24) is 15.5 Å². The van der Waals surface area contributed by atoms with Crippen LogP contribution in [-0.2, 0) is 9.59 Å². The molecule has 4 atom stereocenters. The number of imide groups is 1. The molecule has 6 nitrogen and oxygen atoms in total. The van der Waals surface area contributed by atoms with Gasteiger partial charge in [0.2, 0.25) is 5.91 Å². The number of rotatable bonds is 4. The number of nitrogens with zero attached hydrogens (tertiary/aromatic N) is 1. The molecule has 1 saturated heterocycles. The van der Waals surface area contributed by atoms with Crippen molar-refractivity contribution in [3.63, 3.8) is 0 Å². The maximum atomic E-state index is 13.1. The highest BCUT2D eigenvalue weighted by Crippen LogP contribution is 2.49. The molecule has 4 rings (SSSR count). The van der Waals surface area contributed by atoms with E-state index in [4.69, 9.17) is 0 Å². The van der Waals surface area contributed by atoms with Crippen molar-refractivity contribution in [3.8, 4) is 0 Å². The van der Waals surface area contributed by atoms with Crippen molar-refractivity contribution in [3.05, 3.63) is 0 Å². The fourth-order valence-electron chi connectivity index (χ4n) is 6.59. The van der Waals surface area contributed by atoms with E-state index in [0.29, 0.717) is 24.7 Å². The Morgan fingerprint density at radius 3 is 2.41 bits per heavy atom. The molecule has 0 aromatic carbocycles. The van der Waals surface area contributed by atoms with Gasteiger partial charge in [0.1, 0.15) is 12.1 Å². The second-order valence-corrected chi connectivity index (χ2v) is 11.2. The van der Waals surface area contributed by atoms with Gasteiger partial charge in [-0.15, -0.1) is 0 Å². The molecule has 0 aromatic heterocycles. The molecule has 29 heavy (non-hydrogen) atoms. The maximum Gasteiger partial charge on any atom is 0.325 e. The average Bonchev–Trinajstić information content (AvgIpc) is 3.33. The number of carbonyl (C=O) groups is 3. The number of fused-ring (bicyclic) bond motifs is 2. The van der Waals surface area contributed by atoms with Gasteiger partial charge in [0, 0.05) is 6.04 Å². The molecule has 3 saturated carbocycles. The Hall–Kier alpha value is -1.59. The molecule has 6 heteroatoms. The summed E-state index contributed by atoms with van der Waals surface area (Å²) < 4.78 is 0. The predicted molar refractivity (Wildman–Crippen MR) is 111 cm³/mol. The van der Waals surface area contributed by atoms with Crippen LogP contribution in [0.15, 0.2) is 0 Å². The summed E-state index contributed by atoms with van der Waals surface area (Å²) in [5, 5.41) is 6.01. The first kappa shape index (κ1) is 20.7. The summed E-state index contributed by atoms with van der Waals surface area (Å²) in [5.74, 6) is 2.23. The molecule has 4 amide bonds. The van der Waals surface area contributed by atoms with Crippen LogP contribution in [0.2, 0.25) is 0 Å². The summed E-state index contributed by atoms with van der Waals surface area (Å²) in [5.41, 5.74) is -0.585. The standard InChI is InChI=1S/C23H37N3O3/c1-14(18-12-15-5-6-16(18)11-15)24-19(27)13-26-20(28)23(25-21(26)29)9-7-17(8-10-23)22(2,3)4/h14-18H,5-13H2,1-4H3,(H,24,27)(H,25,29). The van der Waals surface area contributed by atoms with Gasteiger partial charge in [-0.1, -0.05) is 27.2 Å². The fourth-order valence-corrected chi connectivity index (χ4v) is 6.59. The third-order valence-electron chi connectivity index (χ3n) is 8.44. The van der Waals surface area contributed by atoms with Crippen LogP contribution in [0.3, 0.4) is 0 Å². The van der Waals surface area contributed by atoms with Crippen LogP contribution in [0.4, 0.5) is 4.79 Å². The molecule has 162 valence electrons. The van der Waals surface area contributed by atoms with E-state index in [2.05, 4.69) is 38.3 Å². The molecule has 2 N–H and O–H groups in total. The molecule has 1 heterocycles. The van der Waals surface area contributed by atoms with Crippen molar-refractivity contribution in [2.75, 3.05) is 6.54 Å². The molecule has 1 aliphatic heterocycles. The van der Waals surface area contributed by atoms with Crippen molar-refractivity contribution in [2.24, 2.45) is 29.1 Å². The molecule has 4 fully saturated rings. The molecule has 0 radical (unpaired) electrons. The van der Waals surface area contributed by atoms with E-state index in [-0.39, 0.29) is 29.8 Å². The Balaban J connectivity index is 1.33. The summed E-state index contributed by atoms with van der Waals surface area (Å²) in [6.45, 7) is 8.61. The quantitative estimate of drug-likeness (QED) is 0.706. The van der Waals surface area contributed by atoms with Crippen LogP contribution in [0.5, 0.6) is 0 Å². The van der Waals surface area contributed by atoms with E-state index in [1.807, 2.05) is 0 Å². The lowest BCUT2D eigenvalue weighted by Crippen LogP contribution is -2.51. The predicted octanol–water partition coefficient (Wildman–Crippen LogP) is 3.45. The Bertz CT molecular complexity index is 690. The molecular formula is C23H37N3O3. The summed E-state index contributed by atoms with van der Waals surface area (Å²) in [6.07, 6.45) is 8.30. The molecule has 0 aromatic rings. The normalized spacial score (nSPS) is 37.9. The van der Waals surface area contributed by atoms with Crippen molar-refractivity contribution >= 4 is 17.8 Å². The Morgan fingerprint density at radius 1 is 1.17 bits per heavy atom. The molecule has 2 bridgehead atoms. The number of carbonyl (C=O) groups excluding carboxylic acids is 3. The first-order valence-electron chi connectivity index (χ1n) is 11.5. The number of hydrogen-bond acceptors (Lipinski definition) is 3. The Labute approximate surface area is 174 Å². The van der Waals surface area contributed by atoms with E-state index in [1.54, 1.807) is 0 Å². The van der Waals surface area contributed by atoms with Gasteiger partial charge in [0.25, 0.3) is 5.91 Å². The minimum Gasteiger partial charge on any atom is -0.352 e. The van der Waals surface area contributed by atoms with Crippen LogP contribution in [0.25, 0.3) is 0 Å². The van der Waals surface area contributed by atoms with Gasteiger partial charge >= 0.3 is 6.03 Å². The Morgan fingerprint density at radius 2 is 1.86 bits per heavy atom. The van der Waals surface area contributed by atoms with E-state index in [9.17, 15) is 14.4 Å². The maximum absolute atomic E-state index is 13.1. The van der Waals surface area contributed by atoms with Crippen LogP contribution in [0, 0.1) is 29.1 Å². The van der Waals surface area contributed by atoms with Crippen molar-refractivity contribution in [1.29, 1.82) is 0 Å². The van der Waals surface area contributed by atoms with E-state index >= 15 is 0 Å². The summed E-state index contributed by atoms with van der Waals surface area (Å²) in [6, 6.07) is -0.304. The molecule has 4 aliphatic rings. The minimum absolute atomic E-state index is 0.106. The number of nitrogens with one attached hydrogen (secondary N) is 2. The van der Waals surface area contributed by atoms with Crippen LogP contribution >= 0.6 is 0 Å².